The smallest absolute Gasteiger partial charge is 0.241 e. The second-order valence-corrected chi connectivity index (χ2v) is 7.19. The van der Waals surface area contributed by atoms with Crippen LogP contribution in [-0.2, 0) is 19.4 Å². The van der Waals surface area contributed by atoms with Gasteiger partial charge in [-0.05, 0) is 20.8 Å². The molecule has 1 amide bonds. The molecule has 6 heteroatoms. The molecule has 1 aliphatic heterocycles. The lowest BCUT2D eigenvalue weighted by atomic mass is 10.0. The van der Waals surface area contributed by atoms with Crippen LogP contribution in [0.3, 0.4) is 0 Å². The lowest BCUT2D eigenvalue weighted by molar-refractivity contribution is -0.145. The Labute approximate surface area is 96.7 Å². The first-order valence-electron chi connectivity index (χ1n) is 5.24. The molecule has 1 atom stereocenters. The maximum Gasteiger partial charge on any atom is 0.241 e. The molecule has 0 N–H and O–H groups in total. The van der Waals surface area contributed by atoms with E-state index in [2.05, 4.69) is 0 Å². The van der Waals surface area contributed by atoms with E-state index in [4.69, 9.17) is 4.74 Å². The molecule has 0 aromatic heterocycles. The predicted molar refractivity (Wildman–Crippen MR) is 60.9 cm³/mol. The summed E-state index contributed by atoms with van der Waals surface area (Å²) in [6.45, 7) is 6.54. The highest BCUT2D eigenvalue weighted by molar-refractivity contribution is 7.92. The van der Waals surface area contributed by atoms with Gasteiger partial charge in [0, 0.05) is 12.8 Å². The summed E-state index contributed by atoms with van der Waals surface area (Å²) in [6, 6.07) is 0. The Morgan fingerprint density at radius 2 is 2.00 bits per heavy atom. The van der Waals surface area contributed by atoms with Gasteiger partial charge < -0.3 is 9.64 Å². The summed E-state index contributed by atoms with van der Waals surface area (Å²) in [5.74, 6) is -0.337. The fraction of sp³-hybridized carbons (Fsp3) is 0.900. The van der Waals surface area contributed by atoms with Crippen LogP contribution in [0.5, 0.6) is 0 Å². The zero-order valence-corrected chi connectivity index (χ0v) is 11.0. The molecular formula is C10H19NO4S. The zero-order valence-electron chi connectivity index (χ0n) is 10.2. The average molecular weight is 249 g/mol. The van der Waals surface area contributed by atoms with Crippen molar-refractivity contribution in [2.45, 2.75) is 31.6 Å². The molecule has 0 bridgehead atoms. The number of morpholine rings is 1. The number of rotatable bonds is 2. The normalized spacial score (nSPS) is 22.9. The molecular weight excluding hydrogens is 230 g/mol. The molecule has 1 fully saturated rings. The summed E-state index contributed by atoms with van der Waals surface area (Å²) in [5, 5.41) is -0.982. The molecule has 0 aromatic carbocycles. The molecule has 0 radical (unpaired) electrons. The Balaban J connectivity index is 2.88. The zero-order chi connectivity index (χ0) is 12.6. The quantitative estimate of drug-likeness (QED) is 0.694. The van der Waals surface area contributed by atoms with Gasteiger partial charge in [-0.2, -0.15) is 0 Å². The maximum atomic E-state index is 12.1. The van der Waals surface area contributed by atoms with Crippen molar-refractivity contribution in [2.24, 2.45) is 0 Å². The van der Waals surface area contributed by atoms with E-state index < -0.39 is 20.6 Å². The molecule has 0 spiro atoms. The molecule has 94 valence electrons. The number of hydrogen-bond acceptors (Lipinski definition) is 4. The topological polar surface area (TPSA) is 63.7 Å². The third-order valence-corrected chi connectivity index (χ3v) is 4.39. The van der Waals surface area contributed by atoms with E-state index in [1.54, 1.807) is 4.90 Å². The van der Waals surface area contributed by atoms with Gasteiger partial charge in [-0.25, -0.2) is 8.42 Å². The Morgan fingerprint density at radius 3 is 2.44 bits per heavy atom. The lowest BCUT2D eigenvalue weighted by Gasteiger charge is -2.43. The fourth-order valence-electron chi connectivity index (χ4n) is 1.67. The van der Waals surface area contributed by atoms with Crippen LogP contribution in [0.1, 0.15) is 20.8 Å². The minimum absolute atomic E-state index is 0.337. The number of carbonyl (C=O) groups excluding carboxylic acids is 1. The van der Waals surface area contributed by atoms with Crippen LogP contribution < -0.4 is 0 Å². The first-order chi connectivity index (χ1) is 7.16. The van der Waals surface area contributed by atoms with Gasteiger partial charge in [-0.3, -0.25) is 4.79 Å². The van der Waals surface area contributed by atoms with Crippen LogP contribution in [0.2, 0.25) is 0 Å². The number of amides is 1. The highest BCUT2D eigenvalue weighted by Gasteiger charge is 2.38. The van der Waals surface area contributed by atoms with Crippen molar-refractivity contribution in [3.8, 4) is 0 Å². The molecule has 1 rings (SSSR count). The van der Waals surface area contributed by atoms with Gasteiger partial charge in [-0.15, -0.1) is 0 Å². The Kier molecular flexibility index (Phi) is 3.64. The van der Waals surface area contributed by atoms with Gasteiger partial charge in [0.1, 0.15) is 5.25 Å². The van der Waals surface area contributed by atoms with E-state index in [1.807, 2.05) is 13.8 Å². The Morgan fingerprint density at radius 1 is 1.44 bits per heavy atom. The predicted octanol–water partition coefficient (Wildman–Crippen LogP) is 0.0569. The van der Waals surface area contributed by atoms with E-state index in [0.717, 1.165) is 6.26 Å². The number of ether oxygens (including phenoxy) is 1. The number of hydrogen-bond donors (Lipinski definition) is 0. The second kappa shape index (κ2) is 4.33. The third-order valence-electron chi connectivity index (χ3n) is 2.90. The Bertz CT molecular complexity index is 374. The highest BCUT2D eigenvalue weighted by atomic mass is 32.2. The van der Waals surface area contributed by atoms with Crippen molar-refractivity contribution >= 4 is 15.7 Å². The van der Waals surface area contributed by atoms with Crippen molar-refractivity contribution in [3.05, 3.63) is 0 Å². The largest absolute Gasteiger partial charge is 0.377 e. The summed E-state index contributed by atoms with van der Waals surface area (Å²) in [5.41, 5.74) is -0.436. The highest BCUT2D eigenvalue weighted by Crippen LogP contribution is 2.21. The Hall–Kier alpha value is -0.620. The molecule has 1 aliphatic rings. The van der Waals surface area contributed by atoms with Gasteiger partial charge in [0.05, 0.1) is 18.8 Å². The van der Waals surface area contributed by atoms with Crippen molar-refractivity contribution in [1.29, 1.82) is 0 Å². The van der Waals surface area contributed by atoms with Gasteiger partial charge in [0.15, 0.2) is 9.84 Å². The van der Waals surface area contributed by atoms with Gasteiger partial charge >= 0.3 is 0 Å². The van der Waals surface area contributed by atoms with Crippen molar-refractivity contribution < 1.29 is 17.9 Å². The van der Waals surface area contributed by atoms with E-state index in [0.29, 0.717) is 19.8 Å². The fourth-order valence-corrected chi connectivity index (χ4v) is 2.16. The molecule has 1 unspecified atom stereocenters. The van der Waals surface area contributed by atoms with E-state index >= 15 is 0 Å². The monoisotopic (exact) mass is 249 g/mol. The lowest BCUT2D eigenvalue weighted by Crippen LogP contribution is -2.58. The second-order valence-electron chi connectivity index (χ2n) is 4.83. The minimum Gasteiger partial charge on any atom is -0.377 e. The molecule has 0 aromatic rings. The molecule has 5 nitrogen and oxygen atoms in total. The average Bonchev–Trinajstić information content (AvgIpc) is 2.13. The standard InChI is InChI=1S/C10H19NO4S/c1-8(16(4,13)14)9(12)11-5-6-15-7-10(11,2)3/h8H,5-7H2,1-4H3. The molecule has 0 aliphatic carbocycles. The van der Waals surface area contributed by atoms with Crippen LogP contribution in [0.15, 0.2) is 0 Å². The van der Waals surface area contributed by atoms with Crippen molar-refractivity contribution in [1.82, 2.24) is 4.90 Å². The van der Waals surface area contributed by atoms with Crippen LogP contribution in [-0.4, -0.2) is 56.0 Å². The van der Waals surface area contributed by atoms with Crippen molar-refractivity contribution in [2.75, 3.05) is 26.0 Å². The van der Waals surface area contributed by atoms with E-state index in [1.165, 1.54) is 6.92 Å². The molecule has 1 saturated heterocycles. The van der Waals surface area contributed by atoms with Gasteiger partial charge in [0.2, 0.25) is 5.91 Å². The summed E-state index contributed by atoms with van der Waals surface area (Å²) >= 11 is 0. The van der Waals surface area contributed by atoms with Crippen LogP contribution in [0.4, 0.5) is 0 Å². The molecule has 16 heavy (non-hydrogen) atoms. The van der Waals surface area contributed by atoms with Crippen molar-refractivity contribution in [3.63, 3.8) is 0 Å². The van der Waals surface area contributed by atoms with Crippen LogP contribution in [0.25, 0.3) is 0 Å². The summed E-state index contributed by atoms with van der Waals surface area (Å²) < 4.78 is 28.0. The van der Waals surface area contributed by atoms with E-state index in [-0.39, 0.29) is 5.91 Å². The SMILES string of the molecule is CC(C(=O)N1CCOCC1(C)C)S(C)(=O)=O. The summed E-state index contributed by atoms with van der Waals surface area (Å²) in [4.78, 5) is 13.7. The summed E-state index contributed by atoms with van der Waals surface area (Å²) in [6.07, 6.45) is 1.09. The minimum atomic E-state index is -3.33. The number of sulfone groups is 1. The third kappa shape index (κ3) is 2.74. The molecule has 0 saturated carbocycles. The number of carbonyl (C=O) groups is 1. The first kappa shape index (κ1) is 13.4. The molecule has 1 heterocycles. The van der Waals surface area contributed by atoms with E-state index in [9.17, 15) is 13.2 Å². The van der Waals surface area contributed by atoms with Gasteiger partial charge in [0.25, 0.3) is 0 Å². The number of nitrogens with zero attached hydrogens (tertiary/aromatic N) is 1. The maximum absolute atomic E-state index is 12.1. The van der Waals surface area contributed by atoms with Crippen LogP contribution in [0, 0.1) is 0 Å². The van der Waals surface area contributed by atoms with Gasteiger partial charge in [-0.1, -0.05) is 0 Å². The summed E-state index contributed by atoms with van der Waals surface area (Å²) in [7, 11) is -3.33. The van der Waals surface area contributed by atoms with Crippen LogP contribution >= 0.6 is 0 Å². The first-order valence-corrected chi connectivity index (χ1v) is 7.20.